The van der Waals surface area contributed by atoms with Crippen LogP contribution in [-0.4, -0.2) is 20.1 Å². The van der Waals surface area contributed by atoms with Crippen LogP contribution in [0.2, 0.25) is 0 Å². The van der Waals surface area contributed by atoms with Gasteiger partial charge in [-0.3, -0.25) is 4.79 Å². The highest BCUT2D eigenvalue weighted by Crippen LogP contribution is 2.47. The lowest BCUT2D eigenvalue weighted by molar-refractivity contribution is -0.116. The van der Waals surface area contributed by atoms with Crippen molar-refractivity contribution in [3.05, 3.63) is 41.9 Å². The van der Waals surface area contributed by atoms with Crippen LogP contribution < -0.4 is 14.8 Å². The van der Waals surface area contributed by atoms with E-state index in [1.807, 2.05) is 12.1 Å². The van der Waals surface area contributed by atoms with Crippen molar-refractivity contribution in [2.24, 2.45) is 5.92 Å². The minimum atomic E-state index is -0.0730. The highest BCUT2D eigenvalue weighted by molar-refractivity contribution is 5.92. The molecule has 0 aliphatic heterocycles. The molecule has 2 atom stereocenters. The molecule has 128 valence electrons. The topological polar surface area (TPSA) is 60.7 Å². The quantitative estimate of drug-likeness (QED) is 0.834. The lowest BCUT2D eigenvalue weighted by Gasteiger charge is -2.11. The van der Waals surface area contributed by atoms with E-state index in [-0.39, 0.29) is 5.91 Å². The SMILES string of the molecule is COc1ccc(NC(=O)CCc2ccc([C@H]3C[C@H]3C)o2)c(OC)c1. The van der Waals surface area contributed by atoms with Gasteiger partial charge in [0.2, 0.25) is 5.91 Å². The maximum absolute atomic E-state index is 12.2. The number of benzene rings is 1. The Bertz CT molecular complexity index is 722. The molecule has 0 unspecified atom stereocenters. The van der Waals surface area contributed by atoms with E-state index in [9.17, 15) is 4.79 Å². The Morgan fingerprint density at radius 2 is 2.04 bits per heavy atom. The summed E-state index contributed by atoms with van der Waals surface area (Å²) in [6.45, 7) is 2.22. The van der Waals surface area contributed by atoms with Crippen LogP contribution in [0.3, 0.4) is 0 Å². The number of anilines is 1. The summed E-state index contributed by atoms with van der Waals surface area (Å²) in [6, 6.07) is 9.31. The molecule has 2 aromatic rings. The van der Waals surface area contributed by atoms with Gasteiger partial charge in [-0.2, -0.15) is 0 Å². The second kappa shape index (κ2) is 6.99. The fourth-order valence-electron chi connectivity index (χ4n) is 2.80. The summed E-state index contributed by atoms with van der Waals surface area (Å²) < 4.78 is 16.3. The van der Waals surface area contributed by atoms with Crippen LogP contribution >= 0.6 is 0 Å². The molecular weight excluding hydrogens is 306 g/mol. The molecule has 1 aromatic carbocycles. The van der Waals surface area contributed by atoms with Gasteiger partial charge in [-0.05, 0) is 36.6 Å². The van der Waals surface area contributed by atoms with Crippen LogP contribution in [0.15, 0.2) is 34.7 Å². The van der Waals surface area contributed by atoms with Gasteiger partial charge in [0.05, 0.1) is 19.9 Å². The summed E-state index contributed by atoms with van der Waals surface area (Å²) in [5, 5.41) is 2.87. The third-order valence-electron chi connectivity index (χ3n) is 4.44. The first-order chi connectivity index (χ1) is 11.6. The number of amides is 1. The third-order valence-corrected chi connectivity index (χ3v) is 4.44. The van der Waals surface area contributed by atoms with Crippen molar-refractivity contribution < 1.29 is 18.7 Å². The maximum Gasteiger partial charge on any atom is 0.224 e. The van der Waals surface area contributed by atoms with Gasteiger partial charge in [-0.1, -0.05) is 6.92 Å². The zero-order chi connectivity index (χ0) is 17.1. The first-order valence-corrected chi connectivity index (χ1v) is 8.21. The summed E-state index contributed by atoms with van der Waals surface area (Å²) in [6.07, 6.45) is 2.15. The Morgan fingerprint density at radius 3 is 2.71 bits per heavy atom. The fraction of sp³-hybridized carbons (Fsp3) is 0.421. The van der Waals surface area contributed by atoms with Gasteiger partial charge in [-0.25, -0.2) is 0 Å². The Balaban J connectivity index is 1.55. The van der Waals surface area contributed by atoms with E-state index < -0.39 is 0 Å². The predicted octanol–water partition coefficient (Wildman–Crippen LogP) is 3.99. The third kappa shape index (κ3) is 3.72. The van der Waals surface area contributed by atoms with Crippen molar-refractivity contribution in [3.63, 3.8) is 0 Å². The van der Waals surface area contributed by atoms with Crippen LogP contribution in [0.4, 0.5) is 5.69 Å². The molecule has 1 aliphatic carbocycles. The summed E-state index contributed by atoms with van der Waals surface area (Å²) in [4.78, 5) is 12.2. The van der Waals surface area contributed by atoms with E-state index in [0.29, 0.717) is 35.9 Å². The predicted molar refractivity (Wildman–Crippen MR) is 91.7 cm³/mol. The van der Waals surface area contributed by atoms with Gasteiger partial charge in [0, 0.05) is 24.8 Å². The molecule has 0 bridgehead atoms. The molecule has 1 aliphatic rings. The minimum absolute atomic E-state index is 0.0730. The Hall–Kier alpha value is -2.43. The molecule has 1 fully saturated rings. The van der Waals surface area contributed by atoms with Crippen LogP contribution in [0.1, 0.15) is 37.2 Å². The summed E-state index contributed by atoms with van der Waals surface area (Å²) >= 11 is 0. The molecule has 1 amide bonds. The number of nitrogens with one attached hydrogen (secondary N) is 1. The van der Waals surface area contributed by atoms with E-state index in [0.717, 1.165) is 17.4 Å². The Morgan fingerprint density at radius 1 is 1.25 bits per heavy atom. The summed E-state index contributed by atoms with van der Waals surface area (Å²) in [5.41, 5.74) is 0.634. The first-order valence-electron chi connectivity index (χ1n) is 8.21. The molecule has 0 radical (unpaired) electrons. The highest BCUT2D eigenvalue weighted by Gasteiger charge is 2.36. The summed E-state index contributed by atoms with van der Waals surface area (Å²) in [7, 11) is 3.15. The molecule has 1 saturated carbocycles. The molecule has 1 heterocycles. The number of hydrogen-bond donors (Lipinski definition) is 1. The Kier molecular flexibility index (Phi) is 4.79. The first kappa shape index (κ1) is 16.4. The number of ether oxygens (including phenoxy) is 2. The van der Waals surface area contributed by atoms with Crippen LogP contribution in [0, 0.1) is 5.92 Å². The van der Waals surface area contributed by atoms with E-state index in [1.165, 1.54) is 6.42 Å². The maximum atomic E-state index is 12.2. The monoisotopic (exact) mass is 329 g/mol. The number of aryl methyl sites for hydroxylation is 1. The number of methoxy groups -OCH3 is 2. The molecule has 0 spiro atoms. The summed E-state index contributed by atoms with van der Waals surface area (Å²) in [5.74, 6) is 4.38. The lowest BCUT2D eigenvalue weighted by atomic mass is 10.2. The Labute approximate surface area is 141 Å². The standard InChI is InChI=1S/C19H23NO4/c1-12-10-15(12)17-8-5-13(24-17)6-9-19(21)20-16-7-4-14(22-2)11-18(16)23-3/h4-5,7-8,11-12,15H,6,9-10H2,1-3H3,(H,20,21)/t12-,15+/m1/s1. The second-order valence-corrected chi connectivity index (χ2v) is 6.24. The molecular formula is C19H23NO4. The zero-order valence-corrected chi connectivity index (χ0v) is 14.3. The van der Waals surface area contributed by atoms with Crippen molar-refractivity contribution in [2.45, 2.75) is 32.1 Å². The number of carbonyl (C=O) groups excluding carboxylic acids is 1. The van der Waals surface area contributed by atoms with Gasteiger partial charge in [-0.15, -0.1) is 0 Å². The van der Waals surface area contributed by atoms with Gasteiger partial charge < -0.3 is 19.2 Å². The average Bonchev–Trinajstić information content (AvgIpc) is 3.13. The molecule has 0 saturated heterocycles. The number of rotatable bonds is 7. The van der Waals surface area contributed by atoms with Gasteiger partial charge in [0.1, 0.15) is 23.0 Å². The van der Waals surface area contributed by atoms with E-state index in [4.69, 9.17) is 13.9 Å². The van der Waals surface area contributed by atoms with Crippen molar-refractivity contribution in [1.82, 2.24) is 0 Å². The van der Waals surface area contributed by atoms with Crippen molar-refractivity contribution >= 4 is 11.6 Å². The normalized spacial score (nSPS) is 19.0. The second-order valence-electron chi connectivity index (χ2n) is 6.24. The average molecular weight is 329 g/mol. The van der Waals surface area contributed by atoms with Crippen molar-refractivity contribution in [3.8, 4) is 11.5 Å². The number of carbonyl (C=O) groups is 1. The number of furan rings is 1. The van der Waals surface area contributed by atoms with E-state index >= 15 is 0 Å². The van der Waals surface area contributed by atoms with E-state index in [1.54, 1.807) is 32.4 Å². The molecule has 3 rings (SSSR count). The van der Waals surface area contributed by atoms with Crippen LogP contribution in [-0.2, 0) is 11.2 Å². The van der Waals surface area contributed by atoms with Gasteiger partial charge >= 0.3 is 0 Å². The lowest BCUT2D eigenvalue weighted by Crippen LogP contribution is -2.13. The molecule has 1 aromatic heterocycles. The fourth-order valence-corrected chi connectivity index (χ4v) is 2.80. The smallest absolute Gasteiger partial charge is 0.224 e. The van der Waals surface area contributed by atoms with E-state index in [2.05, 4.69) is 12.2 Å². The number of hydrogen-bond acceptors (Lipinski definition) is 4. The largest absolute Gasteiger partial charge is 0.497 e. The molecule has 24 heavy (non-hydrogen) atoms. The van der Waals surface area contributed by atoms with Crippen molar-refractivity contribution in [2.75, 3.05) is 19.5 Å². The zero-order valence-electron chi connectivity index (χ0n) is 14.3. The van der Waals surface area contributed by atoms with Crippen molar-refractivity contribution in [1.29, 1.82) is 0 Å². The van der Waals surface area contributed by atoms with Gasteiger partial charge in [0.15, 0.2) is 0 Å². The minimum Gasteiger partial charge on any atom is -0.497 e. The highest BCUT2D eigenvalue weighted by atomic mass is 16.5. The molecule has 5 nitrogen and oxygen atoms in total. The van der Waals surface area contributed by atoms with Crippen LogP contribution in [0.25, 0.3) is 0 Å². The molecule has 5 heteroatoms. The molecule has 1 N–H and O–H groups in total. The van der Waals surface area contributed by atoms with Crippen LogP contribution in [0.5, 0.6) is 11.5 Å². The van der Waals surface area contributed by atoms with Gasteiger partial charge in [0.25, 0.3) is 0 Å².